The van der Waals surface area contributed by atoms with E-state index in [9.17, 15) is 14.7 Å². The lowest BCUT2D eigenvalue weighted by Crippen LogP contribution is -2.43. The van der Waals surface area contributed by atoms with Crippen LogP contribution in [-0.2, 0) is 15.0 Å². The maximum Gasteiger partial charge on any atom is 0.320 e. The molecule has 4 atom stereocenters. The zero-order valence-corrected chi connectivity index (χ0v) is 17.5. The fourth-order valence-corrected chi connectivity index (χ4v) is 4.47. The molecule has 0 fully saturated rings. The Labute approximate surface area is 180 Å². The Hall–Kier alpha value is -2.90. The Kier molecular flexibility index (Phi) is 7.07. The van der Waals surface area contributed by atoms with Gasteiger partial charge in [-0.05, 0) is 24.3 Å². The van der Waals surface area contributed by atoms with Crippen molar-refractivity contribution in [3.63, 3.8) is 0 Å². The molecule has 0 spiro atoms. The number of aliphatic carboxylic acids is 1. The second kappa shape index (κ2) is 9.73. The number of nitrogens with two attached hydrogens (primary N) is 1. The number of Topliss-reactive ketones (excluding diaryl/α,β-unsaturated/α-hetero) is 1. The molecular formula is C23H25N3O3S. The van der Waals surface area contributed by atoms with E-state index in [-0.39, 0.29) is 12.2 Å². The van der Waals surface area contributed by atoms with Crippen LogP contribution in [0.15, 0.2) is 73.2 Å². The Balaban J connectivity index is 2.03. The number of imidazole rings is 1. The summed E-state index contributed by atoms with van der Waals surface area (Å²) in [7, 11) is 0. The average molecular weight is 424 g/mol. The van der Waals surface area contributed by atoms with Crippen LogP contribution in [0.1, 0.15) is 17.7 Å². The van der Waals surface area contributed by atoms with E-state index in [2.05, 4.69) is 9.97 Å². The largest absolute Gasteiger partial charge is 0.480 e. The van der Waals surface area contributed by atoms with E-state index in [0.29, 0.717) is 0 Å². The molecule has 6 nitrogen and oxygen atoms in total. The molecule has 7 heteroatoms. The van der Waals surface area contributed by atoms with Crippen molar-refractivity contribution in [2.24, 2.45) is 11.7 Å². The normalized spacial score (nSPS) is 22.8. The van der Waals surface area contributed by atoms with Gasteiger partial charge in [-0.2, -0.15) is 11.8 Å². The number of H-pyrrole nitrogens is 1. The number of ketones is 1. The highest BCUT2D eigenvalue weighted by Gasteiger charge is 2.42. The Morgan fingerprint density at radius 1 is 1.33 bits per heavy atom. The van der Waals surface area contributed by atoms with Gasteiger partial charge in [0.15, 0.2) is 5.78 Å². The number of hydrogen-bond donors (Lipinski definition) is 3. The number of nitrogens with one attached hydrogen (secondary N) is 1. The zero-order chi connectivity index (χ0) is 21.6. The molecule has 1 aromatic carbocycles. The van der Waals surface area contributed by atoms with Gasteiger partial charge in [0.1, 0.15) is 6.04 Å². The maximum atomic E-state index is 13.6. The molecule has 0 radical (unpaired) electrons. The molecule has 0 amide bonds. The van der Waals surface area contributed by atoms with E-state index in [0.717, 1.165) is 11.3 Å². The number of carbonyl (C=O) groups excluding carboxylic acids is 1. The highest BCUT2D eigenvalue weighted by molar-refractivity contribution is 7.99. The minimum absolute atomic E-state index is 0.0436. The van der Waals surface area contributed by atoms with Crippen LogP contribution >= 0.6 is 11.8 Å². The van der Waals surface area contributed by atoms with Crippen molar-refractivity contribution < 1.29 is 14.7 Å². The third-order valence-electron chi connectivity index (χ3n) is 5.33. The summed E-state index contributed by atoms with van der Waals surface area (Å²) in [4.78, 5) is 32.0. The number of allylic oxidation sites excluding steroid dienone is 5. The summed E-state index contributed by atoms with van der Waals surface area (Å²) in [6, 6.07) is 8.74. The topological polar surface area (TPSA) is 109 Å². The van der Waals surface area contributed by atoms with Gasteiger partial charge in [0.25, 0.3) is 0 Å². The Morgan fingerprint density at radius 2 is 2.10 bits per heavy atom. The molecule has 3 rings (SSSR count). The minimum atomic E-state index is -1.10. The first kappa shape index (κ1) is 21.8. The summed E-state index contributed by atoms with van der Waals surface area (Å²) in [5.41, 5.74) is 6.83. The second-order valence-corrected chi connectivity index (χ2v) is 8.21. The summed E-state index contributed by atoms with van der Waals surface area (Å²) in [6.45, 7) is 0. The van der Waals surface area contributed by atoms with Crippen molar-refractivity contribution >= 4 is 29.6 Å². The number of thioether (sulfide) groups is 1. The summed E-state index contributed by atoms with van der Waals surface area (Å²) < 4.78 is 0. The molecule has 3 unspecified atom stereocenters. The molecule has 1 aromatic heterocycles. The molecule has 30 heavy (non-hydrogen) atoms. The monoisotopic (exact) mass is 423 g/mol. The van der Waals surface area contributed by atoms with Crippen LogP contribution in [0.4, 0.5) is 0 Å². The molecule has 0 saturated carbocycles. The van der Waals surface area contributed by atoms with Gasteiger partial charge < -0.3 is 15.8 Å². The number of hydrogen-bond acceptors (Lipinski definition) is 5. The molecule has 4 N–H and O–H groups in total. The number of carboxylic acid groups (broad SMARTS) is 1. The van der Waals surface area contributed by atoms with Gasteiger partial charge in [-0.3, -0.25) is 9.59 Å². The van der Waals surface area contributed by atoms with Crippen molar-refractivity contribution in [1.29, 1.82) is 0 Å². The zero-order valence-electron chi connectivity index (χ0n) is 16.6. The lowest BCUT2D eigenvalue weighted by Gasteiger charge is -2.37. The standard InChI is InChI=1S/C23H25N3O3S/c1-30-20(13-19(24)22(28)29)21(27)18-9-5-6-11-23(18,16-7-3-2-4-8-16)12-10-17-14-25-15-26-17/h2-12,14-15,18-20H,13,24H2,1H3,(H,25,26)(H,28,29)/t18?,19-,20?,23?/m0/s1. The van der Waals surface area contributed by atoms with Crippen LogP contribution in [0.2, 0.25) is 0 Å². The molecule has 1 aliphatic carbocycles. The van der Waals surface area contributed by atoms with Gasteiger partial charge in [-0.15, -0.1) is 0 Å². The Bertz CT molecular complexity index is 953. The first-order valence-corrected chi connectivity index (χ1v) is 10.9. The SMILES string of the molecule is CSC(C[C@H](N)C(=O)O)C(=O)C1C=CC=CC1(C=Cc1cnc[nH]1)c1ccccc1. The maximum absolute atomic E-state index is 13.6. The van der Waals surface area contributed by atoms with E-state index < -0.39 is 28.6 Å². The van der Waals surface area contributed by atoms with Crippen LogP contribution in [0, 0.1) is 5.92 Å². The van der Waals surface area contributed by atoms with E-state index in [1.807, 2.05) is 73.0 Å². The second-order valence-electron chi connectivity index (χ2n) is 7.17. The van der Waals surface area contributed by atoms with Gasteiger partial charge in [-0.25, -0.2) is 4.98 Å². The predicted octanol–water partition coefficient (Wildman–Crippen LogP) is 3.21. The van der Waals surface area contributed by atoms with Crippen molar-refractivity contribution in [1.82, 2.24) is 9.97 Å². The van der Waals surface area contributed by atoms with Crippen molar-refractivity contribution in [3.05, 3.63) is 84.5 Å². The number of aromatic nitrogens is 2. The number of rotatable bonds is 9. The van der Waals surface area contributed by atoms with E-state index in [1.165, 1.54) is 11.8 Å². The molecule has 1 aliphatic rings. The van der Waals surface area contributed by atoms with Crippen molar-refractivity contribution in [2.75, 3.05) is 6.26 Å². The van der Waals surface area contributed by atoms with Gasteiger partial charge in [0, 0.05) is 5.41 Å². The summed E-state index contributed by atoms with van der Waals surface area (Å²) >= 11 is 1.34. The highest BCUT2D eigenvalue weighted by atomic mass is 32.2. The molecular weight excluding hydrogens is 398 g/mol. The summed E-state index contributed by atoms with van der Waals surface area (Å²) in [5, 5.41) is 8.67. The van der Waals surface area contributed by atoms with Crippen LogP contribution in [0.3, 0.4) is 0 Å². The summed E-state index contributed by atoms with van der Waals surface area (Å²) in [6.07, 6.45) is 16.8. The average Bonchev–Trinajstić information content (AvgIpc) is 3.30. The molecule has 2 aromatic rings. The molecule has 0 saturated heterocycles. The number of carbonyl (C=O) groups is 2. The van der Waals surface area contributed by atoms with Crippen LogP contribution in [0.25, 0.3) is 6.08 Å². The molecule has 156 valence electrons. The van der Waals surface area contributed by atoms with Crippen LogP contribution < -0.4 is 5.73 Å². The van der Waals surface area contributed by atoms with E-state index >= 15 is 0 Å². The van der Waals surface area contributed by atoms with E-state index in [4.69, 9.17) is 5.73 Å². The Morgan fingerprint density at radius 3 is 2.73 bits per heavy atom. The summed E-state index contributed by atoms with van der Waals surface area (Å²) in [5.74, 6) is -1.64. The number of carboxylic acids is 1. The lowest BCUT2D eigenvalue weighted by molar-refractivity contribution is -0.138. The lowest BCUT2D eigenvalue weighted by atomic mass is 9.65. The number of nitrogens with zero attached hydrogens (tertiary/aromatic N) is 1. The third kappa shape index (κ3) is 4.63. The van der Waals surface area contributed by atoms with Crippen molar-refractivity contribution in [3.8, 4) is 0 Å². The first-order valence-electron chi connectivity index (χ1n) is 9.62. The predicted molar refractivity (Wildman–Crippen MR) is 120 cm³/mol. The van der Waals surface area contributed by atoms with Crippen LogP contribution in [-0.4, -0.2) is 44.4 Å². The first-order chi connectivity index (χ1) is 14.5. The van der Waals surface area contributed by atoms with Crippen LogP contribution in [0.5, 0.6) is 0 Å². The van der Waals surface area contributed by atoms with Crippen molar-refractivity contribution in [2.45, 2.75) is 23.1 Å². The minimum Gasteiger partial charge on any atom is -0.480 e. The fourth-order valence-electron chi connectivity index (χ4n) is 3.69. The third-order valence-corrected chi connectivity index (χ3v) is 6.32. The van der Waals surface area contributed by atoms with Gasteiger partial charge in [0.05, 0.1) is 29.4 Å². The fraction of sp³-hybridized carbons (Fsp3) is 0.261. The van der Waals surface area contributed by atoms with E-state index in [1.54, 1.807) is 12.5 Å². The molecule has 1 heterocycles. The molecule has 0 aliphatic heterocycles. The number of aromatic amines is 1. The van der Waals surface area contributed by atoms with Gasteiger partial charge in [0.2, 0.25) is 0 Å². The van der Waals surface area contributed by atoms with Gasteiger partial charge >= 0.3 is 5.97 Å². The smallest absolute Gasteiger partial charge is 0.320 e. The number of benzene rings is 1. The quantitative estimate of drug-likeness (QED) is 0.571. The van der Waals surface area contributed by atoms with Gasteiger partial charge in [-0.1, -0.05) is 60.7 Å². The highest BCUT2D eigenvalue weighted by Crippen LogP contribution is 2.41. The molecule has 0 bridgehead atoms.